The zero-order valence-corrected chi connectivity index (χ0v) is 22.1. The zero-order valence-electron chi connectivity index (χ0n) is 21.3. The second-order valence-electron chi connectivity index (χ2n) is 9.61. The third-order valence-electron chi connectivity index (χ3n) is 6.87. The second kappa shape index (κ2) is 11.4. The number of carbonyl (C=O) groups excluding carboxylic acids is 1. The fraction of sp³-hybridized carbons (Fsp3) is 0.462. The van der Waals surface area contributed by atoms with Gasteiger partial charge in [-0.05, 0) is 70.0 Å². The zero-order chi connectivity index (χ0) is 27.6. The minimum Gasteiger partial charge on any atom is -0.482 e. The maximum atomic E-state index is 12.4. The number of nitrogens with one attached hydrogen (secondary N) is 1. The molecule has 9 nitrogen and oxygen atoms in total. The van der Waals surface area contributed by atoms with Crippen molar-refractivity contribution in [2.45, 2.75) is 45.0 Å². The van der Waals surface area contributed by atoms with Crippen molar-refractivity contribution in [3.63, 3.8) is 0 Å². The van der Waals surface area contributed by atoms with Gasteiger partial charge < -0.3 is 24.6 Å². The summed E-state index contributed by atoms with van der Waals surface area (Å²) < 4.78 is 46.2. The summed E-state index contributed by atoms with van der Waals surface area (Å²) >= 11 is 5.95. The van der Waals surface area contributed by atoms with Gasteiger partial charge in [0.1, 0.15) is 22.8 Å². The number of pyridine rings is 1. The SMILES string of the molecule is Cc1nc(N2CCC(N3CCCC3)CC2)nc2ccc(NC(=O)COc3ccc(OC(F)(F)F)cc3Cl)nc12. The molecule has 13 heteroatoms. The molecule has 2 fully saturated rings. The number of hydrogen-bond donors (Lipinski definition) is 1. The number of amides is 1. The molecule has 2 saturated heterocycles. The molecule has 5 rings (SSSR count). The minimum atomic E-state index is -4.84. The molecule has 2 aliphatic heterocycles. The van der Waals surface area contributed by atoms with Gasteiger partial charge in [0.25, 0.3) is 5.91 Å². The Bertz CT molecular complexity index is 1340. The van der Waals surface area contributed by atoms with Crippen molar-refractivity contribution in [1.82, 2.24) is 19.9 Å². The second-order valence-corrected chi connectivity index (χ2v) is 10.0. The summed E-state index contributed by atoms with van der Waals surface area (Å²) in [4.78, 5) is 31.2. The van der Waals surface area contributed by atoms with E-state index in [4.69, 9.17) is 21.3 Å². The molecule has 1 aromatic carbocycles. The lowest BCUT2D eigenvalue weighted by molar-refractivity contribution is -0.274. The van der Waals surface area contributed by atoms with Gasteiger partial charge in [-0.15, -0.1) is 13.2 Å². The highest BCUT2D eigenvalue weighted by molar-refractivity contribution is 6.32. The van der Waals surface area contributed by atoms with Crippen molar-refractivity contribution in [2.24, 2.45) is 0 Å². The molecule has 2 aromatic heterocycles. The van der Waals surface area contributed by atoms with E-state index in [1.165, 1.54) is 32.0 Å². The topological polar surface area (TPSA) is 92.7 Å². The highest BCUT2D eigenvalue weighted by atomic mass is 35.5. The van der Waals surface area contributed by atoms with Gasteiger partial charge in [0.2, 0.25) is 5.95 Å². The number of benzene rings is 1. The summed E-state index contributed by atoms with van der Waals surface area (Å²) in [5.74, 6) is 0.00742. The Morgan fingerprint density at radius 1 is 1.08 bits per heavy atom. The molecule has 3 aromatic rings. The number of anilines is 2. The summed E-state index contributed by atoms with van der Waals surface area (Å²) in [6.45, 7) is 5.66. The number of halogens is 4. The fourth-order valence-corrected chi connectivity index (χ4v) is 5.24. The van der Waals surface area contributed by atoms with E-state index in [9.17, 15) is 18.0 Å². The number of aromatic nitrogens is 3. The number of piperidine rings is 1. The summed E-state index contributed by atoms with van der Waals surface area (Å²) in [6, 6.07) is 7.26. The van der Waals surface area contributed by atoms with Gasteiger partial charge in [-0.25, -0.2) is 15.0 Å². The summed E-state index contributed by atoms with van der Waals surface area (Å²) in [7, 11) is 0. The number of fused-ring (bicyclic) bond motifs is 1. The van der Waals surface area contributed by atoms with Gasteiger partial charge in [-0.3, -0.25) is 4.79 Å². The van der Waals surface area contributed by atoms with Crippen LogP contribution in [0.5, 0.6) is 11.5 Å². The molecule has 0 aliphatic carbocycles. The smallest absolute Gasteiger partial charge is 0.482 e. The highest BCUT2D eigenvalue weighted by Gasteiger charge is 2.31. The molecule has 0 bridgehead atoms. The van der Waals surface area contributed by atoms with Crippen LogP contribution in [0, 0.1) is 6.92 Å². The maximum Gasteiger partial charge on any atom is 0.573 e. The standard InChI is InChI=1S/C26H28ClF3N6O3/c1-16-24-20(32-25(31-16)36-12-8-17(9-13-36)35-10-2-3-11-35)5-7-22(34-24)33-23(37)15-38-21-6-4-18(14-19(21)27)39-26(28,29)30/h4-7,14,17H,2-3,8-13,15H2,1H3,(H,33,34,37). The Balaban J connectivity index is 1.18. The average molecular weight is 565 g/mol. The Morgan fingerprint density at radius 2 is 1.82 bits per heavy atom. The number of nitrogens with zero attached hydrogens (tertiary/aromatic N) is 5. The number of rotatable bonds is 7. The van der Waals surface area contributed by atoms with Crippen LogP contribution < -0.4 is 19.7 Å². The van der Waals surface area contributed by atoms with E-state index in [0.717, 1.165) is 38.1 Å². The Hall–Kier alpha value is -3.38. The van der Waals surface area contributed by atoms with E-state index in [0.29, 0.717) is 34.5 Å². The van der Waals surface area contributed by atoms with E-state index >= 15 is 0 Å². The molecule has 2 aliphatic rings. The molecular formula is C26H28ClF3N6O3. The predicted molar refractivity (Wildman–Crippen MR) is 140 cm³/mol. The molecule has 0 atom stereocenters. The van der Waals surface area contributed by atoms with E-state index in [1.54, 1.807) is 12.1 Å². The van der Waals surface area contributed by atoms with Crippen LogP contribution in [0.25, 0.3) is 11.0 Å². The molecule has 0 saturated carbocycles. The first-order chi connectivity index (χ1) is 18.6. The lowest BCUT2D eigenvalue weighted by Crippen LogP contribution is -2.44. The van der Waals surface area contributed by atoms with Crippen molar-refractivity contribution < 1.29 is 27.4 Å². The quantitative estimate of drug-likeness (QED) is 0.430. The van der Waals surface area contributed by atoms with Crippen molar-refractivity contribution in [2.75, 3.05) is 43.0 Å². The highest BCUT2D eigenvalue weighted by Crippen LogP contribution is 2.32. The van der Waals surface area contributed by atoms with Crippen LogP contribution in [0.1, 0.15) is 31.4 Å². The molecule has 1 N–H and O–H groups in total. The number of aryl methyl sites for hydroxylation is 1. The Kier molecular flexibility index (Phi) is 7.94. The molecule has 0 unspecified atom stereocenters. The van der Waals surface area contributed by atoms with E-state index in [1.807, 2.05) is 6.92 Å². The van der Waals surface area contributed by atoms with Crippen LogP contribution >= 0.6 is 11.6 Å². The van der Waals surface area contributed by atoms with Gasteiger partial charge in [-0.1, -0.05) is 11.6 Å². The first-order valence-corrected chi connectivity index (χ1v) is 13.1. The van der Waals surface area contributed by atoms with Crippen LogP contribution in [0.2, 0.25) is 5.02 Å². The Morgan fingerprint density at radius 3 is 2.51 bits per heavy atom. The van der Waals surface area contributed by atoms with Crippen LogP contribution in [-0.2, 0) is 4.79 Å². The van der Waals surface area contributed by atoms with Crippen molar-refractivity contribution >= 4 is 40.3 Å². The van der Waals surface area contributed by atoms with Gasteiger partial charge in [0, 0.05) is 25.2 Å². The predicted octanol–water partition coefficient (Wildman–Crippen LogP) is 4.97. The van der Waals surface area contributed by atoms with Gasteiger partial charge in [-0.2, -0.15) is 0 Å². The van der Waals surface area contributed by atoms with Gasteiger partial charge in [0.05, 0.1) is 16.2 Å². The summed E-state index contributed by atoms with van der Waals surface area (Å²) in [5, 5.41) is 2.51. The number of hydrogen-bond acceptors (Lipinski definition) is 8. The molecule has 0 radical (unpaired) electrons. The molecule has 39 heavy (non-hydrogen) atoms. The van der Waals surface area contributed by atoms with Crippen molar-refractivity contribution in [3.05, 3.63) is 41.0 Å². The van der Waals surface area contributed by atoms with Crippen molar-refractivity contribution in [3.8, 4) is 11.5 Å². The molecule has 0 spiro atoms. The van der Waals surface area contributed by atoms with Crippen molar-refractivity contribution in [1.29, 1.82) is 0 Å². The molecular weight excluding hydrogens is 537 g/mol. The lowest BCUT2D eigenvalue weighted by Gasteiger charge is -2.36. The van der Waals surface area contributed by atoms with E-state index in [2.05, 4.69) is 29.8 Å². The number of carbonyl (C=O) groups is 1. The molecule has 1 amide bonds. The first kappa shape index (κ1) is 27.2. The Labute approximate surface area is 228 Å². The molecule has 4 heterocycles. The fourth-order valence-electron chi connectivity index (χ4n) is 5.01. The largest absolute Gasteiger partial charge is 0.573 e. The number of ether oxygens (including phenoxy) is 2. The van der Waals surface area contributed by atoms with Crippen LogP contribution in [0.3, 0.4) is 0 Å². The summed E-state index contributed by atoms with van der Waals surface area (Å²) in [6.07, 6.45) is -0.0531. The third kappa shape index (κ3) is 6.80. The van der Waals surface area contributed by atoms with Crippen LogP contribution in [-0.4, -0.2) is 70.9 Å². The third-order valence-corrected chi connectivity index (χ3v) is 7.17. The molecule has 208 valence electrons. The van der Waals surface area contributed by atoms with Crippen LogP contribution in [0.15, 0.2) is 30.3 Å². The number of alkyl halides is 3. The lowest BCUT2D eigenvalue weighted by atomic mass is 10.0. The minimum absolute atomic E-state index is 0.0362. The van der Waals surface area contributed by atoms with Crippen LogP contribution in [0.4, 0.5) is 24.9 Å². The normalized spacial score (nSPS) is 17.0. The first-order valence-electron chi connectivity index (χ1n) is 12.8. The monoisotopic (exact) mass is 564 g/mol. The number of likely N-dealkylation sites (tertiary alicyclic amines) is 1. The van der Waals surface area contributed by atoms with Gasteiger partial charge in [0.15, 0.2) is 6.61 Å². The van der Waals surface area contributed by atoms with Gasteiger partial charge >= 0.3 is 6.36 Å². The van der Waals surface area contributed by atoms with E-state index < -0.39 is 24.6 Å². The average Bonchev–Trinajstić information content (AvgIpc) is 3.43. The summed E-state index contributed by atoms with van der Waals surface area (Å²) in [5.41, 5.74) is 1.96. The van der Waals surface area contributed by atoms with E-state index in [-0.39, 0.29) is 10.8 Å². The maximum absolute atomic E-state index is 12.4.